The fourth-order valence-electron chi connectivity index (χ4n) is 2.55. The molecule has 1 aliphatic rings. The maximum Gasteiger partial charge on any atom is 0.349 e. The summed E-state index contributed by atoms with van der Waals surface area (Å²) in [4.78, 5) is 28.5. The third-order valence-corrected chi connectivity index (χ3v) is 4.80. The van der Waals surface area contributed by atoms with E-state index in [0.717, 1.165) is 4.88 Å². The predicted molar refractivity (Wildman–Crippen MR) is 91.1 cm³/mol. The van der Waals surface area contributed by atoms with Crippen molar-refractivity contribution < 1.29 is 19.1 Å². The molecule has 24 heavy (non-hydrogen) atoms. The molecule has 1 aromatic carbocycles. The van der Waals surface area contributed by atoms with E-state index >= 15 is 0 Å². The van der Waals surface area contributed by atoms with Gasteiger partial charge in [-0.15, -0.1) is 11.3 Å². The van der Waals surface area contributed by atoms with Crippen LogP contribution in [0.1, 0.15) is 26.2 Å². The summed E-state index contributed by atoms with van der Waals surface area (Å²) in [5.74, 6) is -0.672. The van der Waals surface area contributed by atoms with Crippen molar-refractivity contribution in [1.82, 2.24) is 4.90 Å². The second kappa shape index (κ2) is 7.59. The lowest BCUT2D eigenvalue weighted by molar-refractivity contribution is -0.145. The fourth-order valence-corrected chi connectivity index (χ4v) is 3.30. The number of hydrogen-bond acceptors (Lipinski definition) is 5. The molecule has 5 nitrogen and oxygen atoms in total. The zero-order chi connectivity index (χ0) is 16.9. The number of hydrogen-bond donors (Lipinski definition) is 0. The summed E-state index contributed by atoms with van der Waals surface area (Å²) in [5, 5.41) is 0. The van der Waals surface area contributed by atoms with Gasteiger partial charge in [0.1, 0.15) is 4.88 Å². The minimum atomic E-state index is -0.931. The van der Waals surface area contributed by atoms with Gasteiger partial charge in [-0.25, -0.2) is 4.79 Å². The van der Waals surface area contributed by atoms with Crippen LogP contribution in [0.15, 0.2) is 42.5 Å². The molecule has 3 rings (SSSR count). The maximum absolute atomic E-state index is 12.9. The summed E-state index contributed by atoms with van der Waals surface area (Å²) in [6, 6.07) is 12.7. The second-order valence-electron chi connectivity index (χ2n) is 5.54. The highest BCUT2D eigenvalue weighted by molar-refractivity contribution is 7.13. The summed E-state index contributed by atoms with van der Waals surface area (Å²) in [5.41, 5.74) is 0.676. The number of carbonyl (C=O) groups is 2. The van der Waals surface area contributed by atoms with Gasteiger partial charge in [-0.2, -0.15) is 0 Å². The number of morpholine rings is 1. The van der Waals surface area contributed by atoms with Crippen LogP contribution in [0.3, 0.4) is 0 Å². The number of nitrogens with zero attached hydrogens (tertiary/aromatic N) is 1. The summed E-state index contributed by atoms with van der Waals surface area (Å²) < 4.78 is 10.9. The molecule has 0 saturated carbocycles. The van der Waals surface area contributed by atoms with Gasteiger partial charge in [-0.1, -0.05) is 30.3 Å². The fraction of sp³-hybridized carbons (Fsp3) is 0.333. The monoisotopic (exact) mass is 345 g/mol. The van der Waals surface area contributed by atoms with Crippen molar-refractivity contribution in [3.8, 4) is 0 Å². The molecule has 1 unspecified atom stereocenters. The third-order valence-electron chi connectivity index (χ3n) is 3.82. The molecule has 2 aromatic rings. The molecular formula is C18H19NO4S. The number of benzene rings is 1. The molecule has 0 radical (unpaired) electrons. The molecule has 2 heterocycles. The molecule has 1 amide bonds. The van der Waals surface area contributed by atoms with Crippen LogP contribution in [0.5, 0.6) is 0 Å². The number of amides is 1. The second-order valence-corrected chi connectivity index (χ2v) is 6.83. The van der Waals surface area contributed by atoms with E-state index in [0.29, 0.717) is 36.7 Å². The molecule has 6 heteroatoms. The van der Waals surface area contributed by atoms with Crippen LogP contribution in [-0.4, -0.2) is 43.1 Å². The van der Waals surface area contributed by atoms with Gasteiger partial charge in [-0.05, 0) is 19.1 Å². The van der Waals surface area contributed by atoms with Crippen molar-refractivity contribution in [2.24, 2.45) is 0 Å². The molecule has 0 bridgehead atoms. The van der Waals surface area contributed by atoms with Crippen LogP contribution in [-0.2, 0) is 14.3 Å². The van der Waals surface area contributed by atoms with Crippen molar-refractivity contribution in [3.05, 3.63) is 57.8 Å². The van der Waals surface area contributed by atoms with Crippen LogP contribution in [0.4, 0.5) is 0 Å². The summed E-state index contributed by atoms with van der Waals surface area (Å²) in [6.07, 6.45) is -0.931. The average Bonchev–Trinajstić information content (AvgIpc) is 3.07. The first kappa shape index (κ1) is 16.7. The highest BCUT2D eigenvalue weighted by Gasteiger charge is 2.31. The van der Waals surface area contributed by atoms with E-state index < -0.39 is 12.1 Å². The van der Waals surface area contributed by atoms with E-state index in [4.69, 9.17) is 9.47 Å². The molecule has 0 aliphatic carbocycles. The lowest BCUT2D eigenvalue weighted by Crippen LogP contribution is -2.44. The summed E-state index contributed by atoms with van der Waals surface area (Å²) in [7, 11) is 0. The van der Waals surface area contributed by atoms with Gasteiger partial charge >= 0.3 is 5.97 Å². The number of rotatable bonds is 4. The van der Waals surface area contributed by atoms with E-state index in [-0.39, 0.29) is 5.91 Å². The zero-order valence-corrected chi connectivity index (χ0v) is 14.3. The first-order chi connectivity index (χ1) is 11.6. The Labute approximate surface area is 144 Å². The molecule has 1 saturated heterocycles. The highest BCUT2D eigenvalue weighted by Crippen LogP contribution is 2.24. The van der Waals surface area contributed by atoms with Crippen molar-refractivity contribution in [3.63, 3.8) is 0 Å². The third kappa shape index (κ3) is 3.83. The van der Waals surface area contributed by atoms with Crippen molar-refractivity contribution >= 4 is 23.2 Å². The van der Waals surface area contributed by atoms with E-state index in [1.165, 1.54) is 11.3 Å². The number of thiophene rings is 1. The van der Waals surface area contributed by atoms with E-state index in [9.17, 15) is 9.59 Å². The number of esters is 1. The Morgan fingerprint density at radius 2 is 1.83 bits per heavy atom. The lowest BCUT2D eigenvalue weighted by atomic mass is 10.1. The van der Waals surface area contributed by atoms with Crippen LogP contribution >= 0.6 is 11.3 Å². The van der Waals surface area contributed by atoms with Crippen molar-refractivity contribution in [2.45, 2.75) is 13.0 Å². The van der Waals surface area contributed by atoms with Gasteiger partial charge in [0.2, 0.25) is 6.10 Å². The van der Waals surface area contributed by atoms with Crippen molar-refractivity contribution in [1.29, 1.82) is 0 Å². The SMILES string of the molecule is Cc1ccc(C(=O)OC(C(=O)N2CCOCC2)c2ccccc2)s1. The molecule has 0 spiro atoms. The molecule has 1 fully saturated rings. The molecule has 126 valence electrons. The smallest absolute Gasteiger partial charge is 0.349 e. The Kier molecular flexibility index (Phi) is 5.27. The van der Waals surface area contributed by atoms with Gasteiger partial charge in [0.15, 0.2) is 0 Å². The number of carbonyl (C=O) groups excluding carboxylic acids is 2. The quantitative estimate of drug-likeness (QED) is 0.800. The minimum Gasteiger partial charge on any atom is -0.443 e. The van der Waals surface area contributed by atoms with Crippen LogP contribution < -0.4 is 0 Å². The first-order valence-electron chi connectivity index (χ1n) is 7.84. The molecular weight excluding hydrogens is 326 g/mol. The van der Waals surface area contributed by atoms with E-state index in [1.807, 2.05) is 31.2 Å². The standard InChI is InChI=1S/C18H19NO4S/c1-13-7-8-15(24-13)18(21)23-16(14-5-3-2-4-6-14)17(20)19-9-11-22-12-10-19/h2-8,16H,9-12H2,1H3. The largest absolute Gasteiger partial charge is 0.443 e. The molecule has 1 aromatic heterocycles. The Morgan fingerprint density at radius 3 is 2.46 bits per heavy atom. The zero-order valence-electron chi connectivity index (χ0n) is 13.4. The van der Waals surface area contributed by atoms with Gasteiger partial charge < -0.3 is 14.4 Å². The molecule has 0 N–H and O–H groups in total. The van der Waals surface area contributed by atoms with Gasteiger partial charge in [0, 0.05) is 23.5 Å². The van der Waals surface area contributed by atoms with Gasteiger partial charge in [-0.3, -0.25) is 4.79 Å². The predicted octanol–water partition coefficient (Wildman–Crippen LogP) is 2.81. The van der Waals surface area contributed by atoms with Gasteiger partial charge in [0.05, 0.1) is 13.2 Å². The Hall–Kier alpha value is -2.18. The van der Waals surface area contributed by atoms with E-state index in [1.54, 1.807) is 23.1 Å². The summed E-state index contributed by atoms with van der Waals surface area (Å²) in [6.45, 7) is 3.96. The normalized spacial score (nSPS) is 15.8. The summed E-state index contributed by atoms with van der Waals surface area (Å²) >= 11 is 1.36. The average molecular weight is 345 g/mol. The number of ether oxygens (including phenoxy) is 2. The van der Waals surface area contributed by atoms with Crippen molar-refractivity contribution in [2.75, 3.05) is 26.3 Å². The Morgan fingerprint density at radius 1 is 1.12 bits per heavy atom. The Balaban J connectivity index is 1.82. The van der Waals surface area contributed by atoms with Crippen LogP contribution in [0.2, 0.25) is 0 Å². The highest BCUT2D eigenvalue weighted by atomic mass is 32.1. The molecule has 1 atom stereocenters. The number of aryl methyl sites for hydroxylation is 1. The topological polar surface area (TPSA) is 55.8 Å². The molecule has 1 aliphatic heterocycles. The maximum atomic E-state index is 12.9. The van der Waals surface area contributed by atoms with Crippen LogP contribution in [0.25, 0.3) is 0 Å². The Bertz CT molecular complexity index is 707. The minimum absolute atomic E-state index is 0.203. The van der Waals surface area contributed by atoms with Crippen LogP contribution in [0, 0.1) is 6.92 Å². The lowest BCUT2D eigenvalue weighted by Gasteiger charge is -2.30. The first-order valence-corrected chi connectivity index (χ1v) is 8.65. The van der Waals surface area contributed by atoms with E-state index in [2.05, 4.69) is 0 Å². The van der Waals surface area contributed by atoms with Gasteiger partial charge in [0.25, 0.3) is 5.91 Å².